The summed E-state index contributed by atoms with van der Waals surface area (Å²) in [7, 11) is 1.54. The number of hydrogen-bond donors (Lipinski definition) is 1. The molecule has 0 saturated carbocycles. The molecule has 1 unspecified atom stereocenters. The van der Waals surface area contributed by atoms with E-state index in [0.717, 1.165) is 5.56 Å². The third kappa shape index (κ3) is 4.13. The fraction of sp³-hybridized carbons (Fsp3) is 0.188. The summed E-state index contributed by atoms with van der Waals surface area (Å²) in [5.74, 6) is 0.118. The van der Waals surface area contributed by atoms with E-state index >= 15 is 0 Å². The van der Waals surface area contributed by atoms with Crippen LogP contribution in [-0.2, 0) is 4.79 Å². The van der Waals surface area contributed by atoms with E-state index in [-0.39, 0.29) is 6.42 Å². The highest BCUT2D eigenvalue weighted by Crippen LogP contribution is 2.32. The van der Waals surface area contributed by atoms with Gasteiger partial charge in [0.25, 0.3) is 0 Å². The Kier molecular flexibility index (Phi) is 5.06. The number of carboxylic acid groups (broad SMARTS) is 1. The zero-order valence-electron chi connectivity index (χ0n) is 11.5. The van der Waals surface area contributed by atoms with Gasteiger partial charge in [0.2, 0.25) is 0 Å². The molecule has 0 aliphatic heterocycles. The lowest BCUT2D eigenvalue weighted by molar-refractivity contribution is -0.138. The second-order valence-electron chi connectivity index (χ2n) is 4.41. The van der Waals surface area contributed by atoms with Crippen molar-refractivity contribution < 1.29 is 19.4 Å². The predicted octanol–water partition coefficient (Wildman–Crippen LogP) is 3.94. The Balaban J connectivity index is 2.28. The van der Waals surface area contributed by atoms with Gasteiger partial charge in [0.15, 0.2) is 11.5 Å². The first-order valence-corrected chi connectivity index (χ1v) is 6.75. The van der Waals surface area contributed by atoms with Crippen molar-refractivity contribution >= 4 is 17.6 Å². The molecule has 0 aliphatic carbocycles. The van der Waals surface area contributed by atoms with Gasteiger partial charge in [-0.25, -0.2) is 0 Å². The predicted molar refractivity (Wildman–Crippen MR) is 80.1 cm³/mol. The average Bonchev–Trinajstić information content (AvgIpc) is 2.47. The van der Waals surface area contributed by atoms with Crippen LogP contribution in [0.5, 0.6) is 11.5 Å². The Morgan fingerprint density at radius 2 is 1.76 bits per heavy atom. The molecular weight excluding hydrogens is 292 g/mol. The van der Waals surface area contributed by atoms with Crippen molar-refractivity contribution in [2.24, 2.45) is 0 Å². The van der Waals surface area contributed by atoms with Crippen LogP contribution in [0.2, 0.25) is 5.02 Å². The molecule has 21 heavy (non-hydrogen) atoms. The van der Waals surface area contributed by atoms with Crippen LogP contribution in [0, 0.1) is 0 Å². The summed E-state index contributed by atoms with van der Waals surface area (Å²) in [5.41, 5.74) is 0.743. The molecule has 0 bridgehead atoms. The van der Waals surface area contributed by atoms with Crippen LogP contribution in [0.15, 0.2) is 48.5 Å². The summed E-state index contributed by atoms with van der Waals surface area (Å²) in [5, 5.41) is 9.66. The average molecular weight is 307 g/mol. The summed E-state index contributed by atoms with van der Waals surface area (Å²) in [6.07, 6.45) is -0.768. The highest BCUT2D eigenvalue weighted by atomic mass is 35.5. The third-order valence-corrected chi connectivity index (χ3v) is 3.19. The van der Waals surface area contributed by atoms with Gasteiger partial charge in [-0.15, -0.1) is 0 Å². The van der Waals surface area contributed by atoms with E-state index < -0.39 is 12.1 Å². The molecule has 2 rings (SSSR count). The minimum absolute atomic E-state index is 0.153. The number of methoxy groups -OCH3 is 1. The largest absolute Gasteiger partial charge is 0.493 e. The van der Waals surface area contributed by atoms with Crippen LogP contribution >= 0.6 is 11.6 Å². The SMILES string of the molecule is COc1ccccc1OC(CC(=O)O)c1ccc(Cl)cc1. The van der Waals surface area contributed by atoms with Crippen LogP contribution in [0.4, 0.5) is 0 Å². The van der Waals surface area contributed by atoms with E-state index in [9.17, 15) is 4.79 Å². The molecule has 5 heteroatoms. The molecule has 1 N–H and O–H groups in total. The van der Waals surface area contributed by atoms with Crippen LogP contribution < -0.4 is 9.47 Å². The smallest absolute Gasteiger partial charge is 0.307 e. The quantitative estimate of drug-likeness (QED) is 0.878. The van der Waals surface area contributed by atoms with Gasteiger partial charge in [-0.05, 0) is 29.8 Å². The minimum Gasteiger partial charge on any atom is -0.493 e. The number of benzene rings is 2. The lowest BCUT2D eigenvalue weighted by atomic mass is 10.1. The molecule has 0 spiro atoms. The number of ether oxygens (including phenoxy) is 2. The van der Waals surface area contributed by atoms with E-state index in [1.54, 1.807) is 42.5 Å². The summed E-state index contributed by atoms with van der Waals surface area (Å²) in [6.45, 7) is 0. The molecule has 0 fully saturated rings. The van der Waals surface area contributed by atoms with Crippen molar-refractivity contribution in [3.05, 3.63) is 59.1 Å². The molecule has 2 aromatic carbocycles. The number of halogens is 1. The number of para-hydroxylation sites is 2. The fourth-order valence-corrected chi connectivity index (χ4v) is 2.06. The van der Waals surface area contributed by atoms with Crippen molar-refractivity contribution in [1.29, 1.82) is 0 Å². The van der Waals surface area contributed by atoms with Gasteiger partial charge in [-0.3, -0.25) is 4.79 Å². The summed E-state index contributed by atoms with van der Waals surface area (Å²) < 4.78 is 11.0. The molecule has 0 radical (unpaired) electrons. The van der Waals surface area contributed by atoms with Gasteiger partial charge in [-0.1, -0.05) is 35.9 Å². The number of carboxylic acids is 1. The molecule has 0 amide bonds. The van der Waals surface area contributed by atoms with Gasteiger partial charge in [0.05, 0.1) is 13.5 Å². The minimum atomic E-state index is -0.940. The van der Waals surface area contributed by atoms with Crippen molar-refractivity contribution in [3.63, 3.8) is 0 Å². The van der Waals surface area contributed by atoms with Crippen molar-refractivity contribution in [2.75, 3.05) is 7.11 Å². The first-order chi connectivity index (χ1) is 10.1. The molecule has 110 valence electrons. The van der Waals surface area contributed by atoms with E-state index in [0.29, 0.717) is 16.5 Å². The lowest BCUT2D eigenvalue weighted by Gasteiger charge is -2.19. The molecule has 4 nitrogen and oxygen atoms in total. The Bertz CT molecular complexity index is 610. The molecular formula is C16H15ClO4. The maximum atomic E-state index is 11.1. The molecule has 2 aromatic rings. The standard InChI is InChI=1S/C16H15ClO4/c1-20-13-4-2-3-5-14(13)21-15(10-16(18)19)11-6-8-12(17)9-7-11/h2-9,15H,10H2,1H3,(H,18,19). The molecule has 0 saturated heterocycles. The number of aliphatic carboxylic acids is 1. The van der Waals surface area contributed by atoms with Crippen molar-refractivity contribution in [1.82, 2.24) is 0 Å². The van der Waals surface area contributed by atoms with E-state index in [4.69, 9.17) is 26.2 Å². The van der Waals surface area contributed by atoms with Crippen LogP contribution in [0.25, 0.3) is 0 Å². The zero-order valence-corrected chi connectivity index (χ0v) is 12.2. The van der Waals surface area contributed by atoms with E-state index in [1.807, 2.05) is 6.07 Å². The highest BCUT2D eigenvalue weighted by molar-refractivity contribution is 6.30. The maximum absolute atomic E-state index is 11.1. The third-order valence-electron chi connectivity index (χ3n) is 2.94. The zero-order chi connectivity index (χ0) is 15.2. The molecule has 0 aliphatic rings. The fourth-order valence-electron chi connectivity index (χ4n) is 1.93. The lowest BCUT2D eigenvalue weighted by Crippen LogP contribution is -2.13. The first-order valence-electron chi connectivity index (χ1n) is 6.37. The van der Waals surface area contributed by atoms with Gasteiger partial charge < -0.3 is 14.6 Å². The van der Waals surface area contributed by atoms with Crippen LogP contribution in [-0.4, -0.2) is 18.2 Å². The Morgan fingerprint density at radius 3 is 2.33 bits per heavy atom. The van der Waals surface area contributed by atoms with Crippen molar-refractivity contribution in [2.45, 2.75) is 12.5 Å². The molecule has 1 atom stereocenters. The van der Waals surface area contributed by atoms with E-state index in [1.165, 1.54) is 7.11 Å². The summed E-state index contributed by atoms with van der Waals surface area (Å²) in [4.78, 5) is 11.1. The van der Waals surface area contributed by atoms with Gasteiger partial charge >= 0.3 is 5.97 Å². The highest BCUT2D eigenvalue weighted by Gasteiger charge is 2.19. The van der Waals surface area contributed by atoms with E-state index in [2.05, 4.69) is 0 Å². The molecule has 0 heterocycles. The normalized spacial score (nSPS) is 11.7. The second kappa shape index (κ2) is 6.99. The van der Waals surface area contributed by atoms with Gasteiger partial charge in [-0.2, -0.15) is 0 Å². The van der Waals surface area contributed by atoms with Gasteiger partial charge in [0.1, 0.15) is 6.10 Å². The Labute approximate surface area is 127 Å². The number of carbonyl (C=O) groups is 1. The monoisotopic (exact) mass is 306 g/mol. The van der Waals surface area contributed by atoms with Crippen LogP contribution in [0.3, 0.4) is 0 Å². The second-order valence-corrected chi connectivity index (χ2v) is 4.84. The van der Waals surface area contributed by atoms with Crippen LogP contribution in [0.1, 0.15) is 18.1 Å². The maximum Gasteiger partial charge on any atom is 0.307 e. The van der Waals surface area contributed by atoms with Crippen molar-refractivity contribution in [3.8, 4) is 11.5 Å². The number of rotatable bonds is 6. The Hall–Kier alpha value is -2.20. The Morgan fingerprint density at radius 1 is 1.14 bits per heavy atom. The number of hydrogen-bond acceptors (Lipinski definition) is 3. The topological polar surface area (TPSA) is 55.8 Å². The van der Waals surface area contributed by atoms with Gasteiger partial charge in [0, 0.05) is 5.02 Å². The summed E-state index contributed by atoms with van der Waals surface area (Å²) in [6, 6.07) is 14.0. The molecule has 0 aromatic heterocycles. The first kappa shape index (κ1) is 15.2. The summed E-state index contributed by atoms with van der Waals surface area (Å²) >= 11 is 5.85.